The van der Waals surface area contributed by atoms with Crippen molar-refractivity contribution in [3.05, 3.63) is 54.1 Å². The summed E-state index contributed by atoms with van der Waals surface area (Å²) < 4.78 is 5.21. The highest BCUT2D eigenvalue weighted by Crippen LogP contribution is 2.41. The van der Waals surface area contributed by atoms with Crippen molar-refractivity contribution in [2.45, 2.75) is 49.7 Å². The molecule has 2 N–H and O–H groups in total. The molecular weight excluding hydrogens is 378 g/mol. The van der Waals surface area contributed by atoms with Gasteiger partial charge in [-0.2, -0.15) is 5.26 Å². The van der Waals surface area contributed by atoms with Crippen molar-refractivity contribution in [2.75, 3.05) is 13.7 Å². The summed E-state index contributed by atoms with van der Waals surface area (Å²) in [5.41, 5.74) is 3.09. The second-order valence-corrected chi connectivity index (χ2v) is 8.04. The van der Waals surface area contributed by atoms with Gasteiger partial charge in [-0.05, 0) is 41.7 Å². The lowest BCUT2D eigenvalue weighted by molar-refractivity contribution is 0.0158. The predicted octanol–water partition coefficient (Wildman–Crippen LogP) is 3.67. The first-order valence-electron chi connectivity index (χ1n) is 10.5. The van der Waals surface area contributed by atoms with Gasteiger partial charge in [0.1, 0.15) is 11.8 Å². The molecule has 0 spiro atoms. The summed E-state index contributed by atoms with van der Waals surface area (Å²) in [5.74, 6) is 0.614. The maximum Gasteiger partial charge on any atom is 0.319 e. The molecule has 1 aliphatic heterocycles. The molecule has 0 bridgehead atoms. The third-order valence-corrected chi connectivity index (χ3v) is 6.37. The third kappa shape index (κ3) is 3.73. The molecular formula is C24H27N3O3. The Morgan fingerprint density at radius 1 is 1.13 bits per heavy atom. The van der Waals surface area contributed by atoms with E-state index in [0.717, 1.165) is 48.1 Å². The van der Waals surface area contributed by atoms with Crippen LogP contribution in [0, 0.1) is 11.3 Å². The van der Waals surface area contributed by atoms with Crippen molar-refractivity contribution in [3.63, 3.8) is 0 Å². The zero-order valence-electron chi connectivity index (χ0n) is 17.1. The van der Waals surface area contributed by atoms with Crippen molar-refractivity contribution in [1.82, 2.24) is 10.2 Å². The lowest BCUT2D eigenvalue weighted by atomic mass is 9.75. The maximum absolute atomic E-state index is 12.7. The smallest absolute Gasteiger partial charge is 0.319 e. The lowest BCUT2D eigenvalue weighted by Crippen LogP contribution is -2.67. The number of aliphatic hydroxyl groups excluding tert-OH is 1. The van der Waals surface area contributed by atoms with Gasteiger partial charge in [0, 0.05) is 12.0 Å². The minimum atomic E-state index is -0.574. The summed E-state index contributed by atoms with van der Waals surface area (Å²) in [6.07, 6.45) is 4.21. The van der Waals surface area contributed by atoms with E-state index in [-0.39, 0.29) is 30.6 Å². The molecule has 3 atom stereocenters. The minimum absolute atomic E-state index is 0.166. The summed E-state index contributed by atoms with van der Waals surface area (Å²) in [5, 5.41) is 22.7. The largest absolute Gasteiger partial charge is 0.497 e. The Hall–Kier alpha value is -3.04. The quantitative estimate of drug-likeness (QED) is 0.795. The fourth-order valence-corrected chi connectivity index (χ4v) is 4.69. The van der Waals surface area contributed by atoms with Crippen LogP contribution in [0.15, 0.2) is 48.5 Å². The van der Waals surface area contributed by atoms with E-state index in [1.807, 2.05) is 48.5 Å². The highest BCUT2D eigenvalue weighted by Gasteiger charge is 2.52. The number of methoxy groups -OCH3 is 1. The van der Waals surface area contributed by atoms with Gasteiger partial charge in [0.15, 0.2) is 0 Å². The molecule has 30 heavy (non-hydrogen) atoms. The SMILES string of the molecule is COc1ccc(-c2ccc([C@@H]3[C@@H](CO)N(C(=O)NC4CCCC4)[C@H]3C#N)cc2)cc1. The fourth-order valence-electron chi connectivity index (χ4n) is 4.69. The molecule has 0 unspecified atom stereocenters. The number of benzene rings is 2. The molecule has 2 amide bonds. The van der Waals surface area contributed by atoms with Gasteiger partial charge in [-0.25, -0.2) is 4.79 Å². The van der Waals surface area contributed by atoms with Crippen LogP contribution in [0.3, 0.4) is 0 Å². The summed E-state index contributed by atoms with van der Waals surface area (Å²) in [6.45, 7) is -0.166. The number of likely N-dealkylation sites (tertiary alicyclic amines) is 1. The van der Waals surface area contributed by atoms with E-state index in [4.69, 9.17) is 4.74 Å². The van der Waals surface area contributed by atoms with Gasteiger partial charge < -0.3 is 20.1 Å². The van der Waals surface area contributed by atoms with Crippen LogP contribution in [-0.2, 0) is 0 Å². The maximum atomic E-state index is 12.7. The molecule has 6 heteroatoms. The second-order valence-electron chi connectivity index (χ2n) is 8.04. The number of nitriles is 1. The monoisotopic (exact) mass is 405 g/mol. The Morgan fingerprint density at radius 2 is 1.73 bits per heavy atom. The number of urea groups is 1. The van der Waals surface area contributed by atoms with Crippen LogP contribution >= 0.6 is 0 Å². The number of nitrogens with zero attached hydrogens (tertiary/aromatic N) is 2. The van der Waals surface area contributed by atoms with Crippen molar-refractivity contribution in [2.24, 2.45) is 0 Å². The number of nitrogens with one attached hydrogen (secondary N) is 1. The molecule has 1 saturated carbocycles. The summed E-state index contributed by atoms with van der Waals surface area (Å²) in [6, 6.07) is 17.1. The topological polar surface area (TPSA) is 85.6 Å². The normalized spacial score (nSPS) is 23.5. The lowest BCUT2D eigenvalue weighted by Gasteiger charge is -2.51. The first kappa shape index (κ1) is 20.2. The molecule has 2 fully saturated rings. The van der Waals surface area contributed by atoms with Crippen LogP contribution < -0.4 is 10.1 Å². The van der Waals surface area contributed by atoms with Gasteiger partial charge in [0.2, 0.25) is 0 Å². The highest BCUT2D eigenvalue weighted by molar-refractivity contribution is 5.78. The Labute approximate surface area is 177 Å². The van der Waals surface area contributed by atoms with E-state index in [2.05, 4.69) is 11.4 Å². The van der Waals surface area contributed by atoms with E-state index < -0.39 is 6.04 Å². The highest BCUT2D eigenvalue weighted by atomic mass is 16.5. The summed E-state index contributed by atoms with van der Waals surface area (Å²) in [4.78, 5) is 14.2. The number of amides is 2. The number of aliphatic hydroxyl groups is 1. The second kappa shape index (κ2) is 8.76. The summed E-state index contributed by atoms with van der Waals surface area (Å²) in [7, 11) is 1.64. The molecule has 2 aromatic carbocycles. The molecule has 1 heterocycles. The van der Waals surface area contributed by atoms with Gasteiger partial charge in [0.05, 0.1) is 25.8 Å². The van der Waals surface area contributed by atoms with Gasteiger partial charge in [-0.1, -0.05) is 49.2 Å². The average molecular weight is 405 g/mol. The van der Waals surface area contributed by atoms with Crippen LogP contribution in [0.25, 0.3) is 11.1 Å². The Balaban J connectivity index is 1.49. The number of carbonyl (C=O) groups excluding carboxylic acids is 1. The van der Waals surface area contributed by atoms with Crippen LogP contribution in [0.4, 0.5) is 4.79 Å². The molecule has 2 aliphatic rings. The Morgan fingerprint density at radius 3 is 2.27 bits per heavy atom. The van der Waals surface area contributed by atoms with E-state index in [1.165, 1.54) is 4.90 Å². The van der Waals surface area contributed by atoms with Gasteiger partial charge >= 0.3 is 6.03 Å². The molecule has 1 saturated heterocycles. The van der Waals surface area contributed by atoms with Crippen LogP contribution in [0.2, 0.25) is 0 Å². The van der Waals surface area contributed by atoms with Crippen molar-refractivity contribution < 1.29 is 14.6 Å². The first-order chi connectivity index (χ1) is 14.7. The molecule has 4 rings (SSSR count). The summed E-state index contributed by atoms with van der Waals surface area (Å²) >= 11 is 0. The number of hydrogen-bond donors (Lipinski definition) is 2. The van der Waals surface area contributed by atoms with E-state index in [1.54, 1.807) is 7.11 Å². The van der Waals surface area contributed by atoms with Gasteiger partial charge in [-0.15, -0.1) is 0 Å². The van der Waals surface area contributed by atoms with Crippen LogP contribution in [0.1, 0.15) is 37.2 Å². The third-order valence-electron chi connectivity index (χ3n) is 6.37. The zero-order chi connectivity index (χ0) is 21.1. The van der Waals surface area contributed by atoms with Gasteiger partial charge in [0.25, 0.3) is 0 Å². The van der Waals surface area contributed by atoms with E-state index in [0.29, 0.717) is 0 Å². The Bertz CT molecular complexity index is 914. The standard InChI is InChI=1S/C24H27N3O3/c1-30-20-12-10-17(11-13-20)16-6-8-18(9-7-16)23-21(14-25)27(22(23)15-28)24(29)26-19-4-2-3-5-19/h6-13,19,21-23,28H,2-5,15H2,1H3,(H,26,29)/t21-,22+,23-/m0/s1. The number of hydrogen-bond acceptors (Lipinski definition) is 4. The molecule has 2 aromatic rings. The fraction of sp³-hybridized carbons (Fsp3) is 0.417. The number of rotatable bonds is 5. The molecule has 1 aliphatic carbocycles. The Kier molecular flexibility index (Phi) is 5.91. The minimum Gasteiger partial charge on any atom is -0.497 e. The van der Waals surface area contributed by atoms with Gasteiger partial charge in [-0.3, -0.25) is 0 Å². The van der Waals surface area contributed by atoms with Crippen molar-refractivity contribution in [3.8, 4) is 22.9 Å². The van der Waals surface area contributed by atoms with E-state index in [9.17, 15) is 15.2 Å². The molecule has 0 radical (unpaired) electrons. The molecule has 156 valence electrons. The van der Waals surface area contributed by atoms with Crippen LogP contribution in [0.5, 0.6) is 5.75 Å². The molecule has 6 nitrogen and oxygen atoms in total. The average Bonchev–Trinajstić information content (AvgIpc) is 3.27. The first-order valence-corrected chi connectivity index (χ1v) is 10.5. The van der Waals surface area contributed by atoms with Crippen LogP contribution in [-0.4, -0.2) is 47.9 Å². The van der Waals surface area contributed by atoms with Crippen molar-refractivity contribution in [1.29, 1.82) is 5.26 Å². The number of carbonyl (C=O) groups is 1. The van der Waals surface area contributed by atoms with Crippen molar-refractivity contribution >= 4 is 6.03 Å². The zero-order valence-corrected chi connectivity index (χ0v) is 17.1. The van der Waals surface area contributed by atoms with E-state index >= 15 is 0 Å². The number of ether oxygens (including phenoxy) is 1. The molecule has 0 aromatic heterocycles. The predicted molar refractivity (Wildman–Crippen MR) is 114 cm³/mol.